The van der Waals surface area contributed by atoms with Crippen molar-refractivity contribution in [2.24, 2.45) is 0 Å². The molecule has 7 N–H and O–H groups in total. The Labute approximate surface area is 434 Å². The molecule has 0 saturated carbocycles. The van der Waals surface area contributed by atoms with Crippen LogP contribution in [0.25, 0.3) is 0 Å². The molecule has 418 valence electrons. The number of unbranched alkanes of at least 4 members (excludes halogenated alkanes) is 21. The first kappa shape index (κ1) is 65.8. The molecule has 2 aliphatic rings. The minimum Gasteiger partial charge on any atom is -0.457 e. The predicted octanol–water partition coefficient (Wildman–Crippen LogP) is 9.69. The lowest BCUT2D eigenvalue weighted by molar-refractivity contribution is -0.332. The lowest BCUT2D eigenvalue weighted by Crippen LogP contribution is -2.61. The molecule has 2 heterocycles. The van der Waals surface area contributed by atoms with Crippen LogP contribution in [-0.2, 0) is 33.2 Å². The minimum absolute atomic E-state index is 0.0468. The molecule has 14 nitrogen and oxygen atoms in total. The highest BCUT2D eigenvalue weighted by Gasteiger charge is 2.47. The number of carbonyl (C=O) groups excluding carboxylic acids is 1. The Morgan fingerprint density at radius 3 is 1.36 bits per heavy atom. The van der Waals surface area contributed by atoms with Gasteiger partial charge in [-0.3, -0.25) is 4.79 Å². The van der Waals surface area contributed by atoms with Crippen molar-refractivity contribution in [1.82, 2.24) is 0 Å². The van der Waals surface area contributed by atoms with Gasteiger partial charge in [-0.25, -0.2) is 0 Å². The molecule has 14 heteroatoms. The third-order valence-corrected chi connectivity index (χ3v) is 13.2. The molecule has 0 aromatic heterocycles. The summed E-state index contributed by atoms with van der Waals surface area (Å²) in [7, 11) is 0. The van der Waals surface area contributed by atoms with E-state index in [0.29, 0.717) is 13.0 Å². The van der Waals surface area contributed by atoms with E-state index in [-0.39, 0.29) is 19.6 Å². The Morgan fingerprint density at radius 2 is 0.861 bits per heavy atom. The van der Waals surface area contributed by atoms with E-state index in [1.54, 1.807) is 0 Å². The first-order valence-electron chi connectivity index (χ1n) is 28.4. The standard InChI is InChI=1S/C58H102O14/c1-3-5-7-9-11-13-15-17-19-21-22-23-24-25-27-29-31-33-35-37-39-41-50(60)70-47(44-67-42-40-38-36-34-32-30-28-26-20-18-16-14-12-10-8-6-4-2)45-68-57-56(66)54(64)52(62)49(72-57)46-69-58-55(65)53(63)51(61)48(43-59)71-58/h14-17,20-22,24-26,47-49,51-59,61-66H,3-13,18-19,23,27-46H2,1-2H3/b16-14-,17-15-,22-21-,25-24-,26-20-. The van der Waals surface area contributed by atoms with Gasteiger partial charge in [0, 0.05) is 13.0 Å². The molecule has 0 aliphatic carbocycles. The smallest absolute Gasteiger partial charge is 0.306 e. The summed E-state index contributed by atoms with van der Waals surface area (Å²) in [5.74, 6) is -0.393. The maximum absolute atomic E-state index is 13.1. The third-order valence-electron chi connectivity index (χ3n) is 13.2. The monoisotopic (exact) mass is 1020 g/mol. The summed E-state index contributed by atoms with van der Waals surface area (Å²) >= 11 is 0. The molecule has 0 amide bonds. The van der Waals surface area contributed by atoms with E-state index < -0.39 is 86.7 Å². The van der Waals surface area contributed by atoms with Crippen molar-refractivity contribution < 1.29 is 69.0 Å². The molecule has 11 unspecified atom stereocenters. The molecule has 72 heavy (non-hydrogen) atoms. The maximum Gasteiger partial charge on any atom is 0.306 e. The Bertz CT molecular complexity index is 1420. The molecular weight excluding hydrogens is 921 g/mol. The van der Waals surface area contributed by atoms with Crippen molar-refractivity contribution in [1.29, 1.82) is 0 Å². The maximum atomic E-state index is 13.1. The number of carbonyl (C=O) groups is 1. The van der Waals surface area contributed by atoms with Crippen LogP contribution in [0.5, 0.6) is 0 Å². The van der Waals surface area contributed by atoms with Gasteiger partial charge < -0.3 is 64.2 Å². The van der Waals surface area contributed by atoms with Gasteiger partial charge in [0.1, 0.15) is 54.9 Å². The van der Waals surface area contributed by atoms with Gasteiger partial charge in [0.05, 0.1) is 26.4 Å². The van der Waals surface area contributed by atoms with Crippen molar-refractivity contribution in [3.05, 3.63) is 60.8 Å². The van der Waals surface area contributed by atoms with E-state index in [2.05, 4.69) is 74.6 Å². The largest absolute Gasteiger partial charge is 0.457 e. The van der Waals surface area contributed by atoms with Crippen LogP contribution in [0.4, 0.5) is 0 Å². The molecular formula is C58H102O14. The number of ether oxygens (including phenoxy) is 6. The van der Waals surface area contributed by atoms with Crippen molar-refractivity contribution >= 4 is 5.97 Å². The number of aliphatic hydroxyl groups excluding tert-OH is 7. The van der Waals surface area contributed by atoms with Gasteiger partial charge in [0.15, 0.2) is 12.6 Å². The second kappa shape index (κ2) is 44.9. The zero-order chi connectivity index (χ0) is 52.3. The van der Waals surface area contributed by atoms with Crippen molar-refractivity contribution in [3.63, 3.8) is 0 Å². The topological polar surface area (TPSA) is 214 Å². The molecule has 0 aromatic carbocycles. The third kappa shape index (κ3) is 31.5. The fourth-order valence-electron chi connectivity index (χ4n) is 8.62. The molecule has 0 bridgehead atoms. The first-order chi connectivity index (χ1) is 35.1. The van der Waals surface area contributed by atoms with Crippen LogP contribution >= 0.6 is 0 Å². The predicted molar refractivity (Wildman–Crippen MR) is 284 cm³/mol. The number of rotatable bonds is 45. The van der Waals surface area contributed by atoms with Crippen LogP contribution in [0.15, 0.2) is 60.8 Å². The highest BCUT2D eigenvalue weighted by molar-refractivity contribution is 5.69. The number of esters is 1. The lowest BCUT2D eigenvalue weighted by Gasteiger charge is -2.42. The minimum atomic E-state index is -1.71. The molecule has 0 spiro atoms. The second-order valence-electron chi connectivity index (χ2n) is 19.8. The van der Waals surface area contributed by atoms with Gasteiger partial charge in [-0.1, -0.05) is 171 Å². The van der Waals surface area contributed by atoms with Gasteiger partial charge in [-0.2, -0.15) is 0 Å². The normalized spacial score (nSPS) is 25.6. The second-order valence-corrected chi connectivity index (χ2v) is 19.8. The van der Waals surface area contributed by atoms with Gasteiger partial charge in [0.2, 0.25) is 0 Å². The van der Waals surface area contributed by atoms with E-state index in [4.69, 9.17) is 28.4 Å². The average molecular weight is 1020 g/mol. The van der Waals surface area contributed by atoms with Gasteiger partial charge in [-0.05, 0) is 83.5 Å². The Balaban J connectivity index is 1.75. The van der Waals surface area contributed by atoms with E-state index in [9.17, 15) is 40.5 Å². The van der Waals surface area contributed by atoms with Gasteiger partial charge in [-0.15, -0.1) is 0 Å². The van der Waals surface area contributed by atoms with E-state index in [0.717, 1.165) is 89.9 Å². The number of hydrogen-bond acceptors (Lipinski definition) is 14. The van der Waals surface area contributed by atoms with E-state index in [1.165, 1.54) is 83.5 Å². The van der Waals surface area contributed by atoms with Crippen LogP contribution in [0, 0.1) is 0 Å². The van der Waals surface area contributed by atoms with Crippen LogP contribution < -0.4 is 0 Å². The summed E-state index contributed by atoms with van der Waals surface area (Å²) in [4.78, 5) is 13.1. The Kier molecular flexibility index (Phi) is 41.1. The fourth-order valence-corrected chi connectivity index (χ4v) is 8.62. The van der Waals surface area contributed by atoms with Crippen molar-refractivity contribution in [2.45, 2.75) is 268 Å². The summed E-state index contributed by atoms with van der Waals surface area (Å²) in [5.41, 5.74) is 0. The number of hydrogen-bond donors (Lipinski definition) is 7. The quantitative estimate of drug-likeness (QED) is 0.0172. The molecule has 11 atom stereocenters. The van der Waals surface area contributed by atoms with Gasteiger partial charge in [0.25, 0.3) is 0 Å². The van der Waals surface area contributed by atoms with Crippen molar-refractivity contribution in [2.75, 3.05) is 33.0 Å². The van der Waals surface area contributed by atoms with Crippen LogP contribution in [0.1, 0.15) is 200 Å². The zero-order valence-corrected chi connectivity index (χ0v) is 44.7. The SMILES string of the molecule is CCCCCC/C=C\C/C=C\CCCCCCCCOCC(COC1OC(COC2OC(CO)C(O)C(O)C2O)C(O)C(O)C1O)OC(=O)CCCCCCCC/C=C\C/C=C\C/C=C\CCCCCCC. The van der Waals surface area contributed by atoms with Crippen molar-refractivity contribution in [3.8, 4) is 0 Å². The first-order valence-corrected chi connectivity index (χ1v) is 28.4. The molecule has 2 saturated heterocycles. The van der Waals surface area contributed by atoms with Crippen LogP contribution in [-0.4, -0.2) is 142 Å². The Morgan fingerprint density at radius 1 is 0.458 bits per heavy atom. The Hall–Kier alpha value is -2.31. The number of aliphatic hydroxyl groups is 7. The zero-order valence-electron chi connectivity index (χ0n) is 44.7. The summed E-state index contributed by atoms with van der Waals surface area (Å²) in [6, 6.07) is 0. The molecule has 2 rings (SSSR count). The van der Waals surface area contributed by atoms with Crippen LogP contribution in [0.3, 0.4) is 0 Å². The molecule has 2 aliphatic heterocycles. The molecule has 0 radical (unpaired) electrons. The highest BCUT2D eigenvalue weighted by atomic mass is 16.7. The highest BCUT2D eigenvalue weighted by Crippen LogP contribution is 2.26. The van der Waals surface area contributed by atoms with E-state index in [1.807, 2.05) is 0 Å². The summed E-state index contributed by atoms with van der Waals surface area (Å²) in [5, 5.41) is 72.3. The lowest BCUT2D eigenvalue weighted by atomic mass is 9.98. The summed E-state index contributed by atoms with van der Waals surface area (Å²) in [6.07, 6.45) is 38.4. The molecule has 0 aromatic rings. The average Bonchev–Trinajstić information content (AvgIpc) is 3.38. The van der Waals surface area contributed by atoms with Gasteiger partial charge >= 0.3 is 5.97 Å². The van der Waals surface area contributed by atoms with E-state index >= 15 is 0 Å². The number of allylic oxidation sites excluding steroid dienone is 10. The summed E-state index contributed by atoms with van der Waals surface area (Å²) < 4.78 is 34.3. The van der Waals surface area contributed by atoms with Crippen LogP contribution in [0.2, 0.25) is 0 Å². The summed E-state index contributed by atoms with van der Waals surface area (Å²) in [6.45, 7) is 3.62. The fraction of sp³-hybridized carbons (Fsp3) is 0.810. The molecule has 2 fully saturated rings.